The Hall–Kier alpha value is 0.343. The smallest absolute Gasteiger partial charge is 0.356 e. The first-order valence-electron chi connectivity index (χ1n) is 0.548. The van der Waals surface area contributed by atoms with E-state index in [9.17, 15) is 0 Å². The average molecular weight is 191 g/mol. The van der Waals surface area contributed by atoms with Crippen molar-refractivity contribution in [3.8, 4) is 0 Å². The van der Waals surface area contributed by atoms with Gasteiger partial charge in [-0.2, -0.15) is 0 Å². The minimum absolute atomic E-state index is 0. The molecule has 0 rings (SSSR count). The summed E-state index contributed by atoms with van der Waals surface area (Å²) in [6.07, 6.45) is 0. The molecule has 0 aliphatic carbocycles. The van der Waals surface area contributed by atoms with Crippen LogP contribution in [0.2, 0.25) is 0 Å². The maximum Gasteiger partial charge on any atom is 1.00 e. The quantitative estimate of drug-likeness (QED) is 0.301. The first-order chi connectivity index (χ1) is 1.73. The van der Waals surface area contributed by atoms with Gasteiger partial charge in [-0.25, -0.2) is 0 Å². The third-order valence-corrected chi connectivity index (χ3v) is 0. The van der Waals surface area contributed by atoms with Gasteiger partial charge in [-0.1, -0.05) is 0 Å². The van der Waals surface area contributed by atoms with Crippen molar-refractivity contribution < 1.29 is 41.6 Å². The molecule has 0 saturated heterocycles. The summed E-state index contributed by atoms with van der Waals surface area (Å²) in [6, 6.07) is 0. The van der Waals surface area contributed by atoms with E-state index in [0.29, 0.717) is 0 Å². The Morgan fingerprint density at radius 2 is 1.33 bits per heavy atom. The third kappa shape index (κ3) is 413. The second-order valence-electron chi connectivity index (χ2n) is 0.224. The number of nitrogens with zero attached hydrogens (tertiary/aromatic N) is 1. The zero-order valence-electron chi connectivity index (χ0n) is 2.68. The van der Waals surface area contributed by atoms with Crippen molar-refractivity contribution in [3.05, 3.63) is 15.3 Å². The van der Waals surface area contributed by atoms with Crippen molar-refractivity contribution in [1.82, 2.24) is 0 Å². The van der Waals surface area contributed by atoms with E-state index in [1.54, 1.807) is 0 Å². The van der Waals surface area contributed by atoms with Crippen LogP contribution in [0.15, 0.2) is 0 Å². The van der Waals surface area contributed by atoms with Crippen molar-refractivity contribution in [1.29, 1.82) is 0 Å². The average Bonchev–Trinajstić information content (AvgIpc) is 0.811. The molecular formula is CuNO3Zn. The summed E-state index contributed by atoms with van der Waals surface area (Å²) >= 11 is 0. The molecule has 0 N–H and O–H groups in total. The molecule has 0 atom stereocenters. The standard InChI is InChI=1S/Cu.NO3.Zn/c;2-1(3)4;/q+1;-1;. The van der Waals surface area contributed by atoms with Gasteiger partial charge in [0, 0.05) is 19.5 Å². The molecule has 0 spiro atoms. The van der Waals surface area contributed by atoms with Crippen molar-refractivity contribution in [2.45, 2.75) is 0 Å². The Balaban J connectivity index is -0.0000000450. The molecule has 0 unspecified atom stereocenters. The van der Waals surface area contributed by atoms with Crippen LogP contribution in [0.1, 0.15) is 0 Å². The van der Waals surface area contributed by atoms with Crippen LogP contribution in [0.5, 0.6) is 0 Å². The molecule has 36 valence electrons. The maximum absolute atomic E-state index is 8.25. The number of hydrogen-bond donors (Lipinski definition) is 0. The number of rotatable bonds is 0. The van der Waals surface area contributed by atoms with Crippen LogP contribution < -0.4 is 0 Å². The van der Waals surface area contributed by atoms with Crippen LogP contribution in [-0.4, -0.2) is 5.09 Å². The van der Waals surface area contributed by atoms with Gasteiger partial charge in [0.1, 0.15) is 0 Å². The monoisotopic (exact) mass is 189 g/mol. The van der Waals surface area contributed by atoms with Gasteiger partial charge in [0.2, 0.25) is 0 Å². The molecule has 0 saturated carbocycles. The molecule has 0 fully saturated rings. The van der Waals surface area contributed by atoms with Crippen LogP contribution in [0, 0.1) is 15.3 Å². The summed E-state index contributed by atoms with van der Waals surface area (Å²) in [6.45, 7) is 0. The summed E-state index contributed by atoms with van der Waals surface area (Å²) in [5.74, 6) is 0. The van der Waals surface area contributed by atoms with Crippen LogP contribution in [0.25, 0.3) is 0 Å². The van der Waals surface area contributed by atoms with Crippen LogP contribution >= 0.6 is 0 Å². The minimum atomic E-state index is -1.75. The second-order valence-corrected chi connectivity index (χ2v) is 0.224. The Bertz CT molecular complexity index is 33.8. The van der Waals surface area contributed by atoms with Crippen molar-refractivity contribution in [3.63, 3.8) is 0 Å². The second kappa shape index (κ2) is 9.02. The SMILES string of the molecule is O=[N+]([O-])[O-].[Cu+].[Zn]. The van der Waals surface area contributed by atoms with Gasteiger partial charge in [0.15, 0.2) is 0 Å². The zero-order valence-corrected chi connectivity index (χ0v) is 6.59. The van der Waals surface area contributed by atoms with Gasteiger partial charge in [0.05, 0.1) is 5.09 Å². The largest absolute Gasteiger partial charge is 1.00 e. The Kier molecular flexibility index (Phi) is 24.4. The van der Waals surface area contributed by atoms with Gasteiger partial charge < -0.3 is 15.3 Å². The Morgan fingerprint density at radius 3 is 1.33 bits per heavy atom. The van der Waals surface area contributed by atoms with Crippen LogP contribution in [0.4, 0.5) is 0 Å². The normalized spacial score (nSPS) is 4.00. The summed E-state index contributed by atoms with van der Waals surface area (Å²) in [5, 5.41) is 14.8. The van der Waals surface area contributed by atoms with E-state index < -0.39 is 5.09 Å². The van der Waals surface area contributed by atoms with Crippen molar-refractivity contribution >= 4 is 0 Å². The fourth-order valence-electron chi connectivity index (χ4n) is 0. The summed E-state index contributed by atoms with van der Waals surface area (Å²) in [7, 11) is 0. The number of hydrogen-bond acceptors (Lipinski definition) is 3. The van der Waals surface area contributed by atoms with Gasteiger partial charge in [-0.05, 0) is 0 Å². The van der Waals surface area contributed by atoms with Gasteiger partial charge >= 0.3 is 17.1 Å². The van der Waals surface area contributed by atoms with Crippen LogP contribution in [0.3, 0.4) is 0 Å². The first kappa shape index (κ1) is 16.2. The fraction of sp³-hybridized carbons (Fsp3) is 0. The molecule has 0 aliphatic rings. The van der Waals surface area contributed by atoms with Gasteiger partial charge in [0.25, 0.3) is 0 Å². The van der Waals surface area contributed by atoms with E-state index in [4.69, 9.17) is 15.3 Å². The summed E-state index contributed by atoms with van der Waals surface area (Å²) < 4.78 is 0. The van der Waals surface area contributed by atoms with Gasteiger partial charge in [-0.15, -0.1) is 0 Å². The van der Waals surface area contributed by atoms with Crippen molar-refractivity contribution in [2.24, 2.45) is 0 Å². The molecule has 0 radical (unpaired) electrons. The molecule has 6 heteroatoms. The molecule has 0 aromatic carbocycles. The molecule has 0 aromatic rings. The molecule has 0 aromatic heterocycles. The Labute approximate surface area is 57.3 Å². The minimum Gasteiger partial charge on any atom is -0.356 e. The molecule has 0 aliphatic heterocycles. The topological polar surface area (TPSA) is 66.2 Å². The zero-order chi connectivity index (χ0) is 3.58. The van der Waals surface area contributed by atoms with Gasteiger partial charge in [-0.3, -0.25) is 0 Å². The van der Waals surface area contributed by atoms with E-state index in [0.717, 1.165) is 0 Å². The Morgan fingerprint density at radius 1 is 1.33 bits per heavy atom. The van der Waals surface area contributed by atoms with E-state index in [2.05, 4.69) is 0 Å². The van der Waals surface area contributed by atoms with Crippen LogP contribution in [-0.2, 0) is 36.5 Å². The van der Waals surface area contributed by atoms with E-state index >= 15 is 0 Å². The predicted octanol–water partition coefficient (Wildman–Crippen LogP) is -0.244. The van der Waals surface area contributed by atoms with E-state index in [-0.39, 0.29) is 36.5 Å². The maximum atomic E-state index is 8.25. The summed E-state index contributed by atoms with van der Waals surface area (Å²) in [5.41, 5.74) is 0. The van der Waals surface area contributed by atoms with E-state index in [1.165, 1.54) is 0 Å². The van der Waals surface area contributed by atoms with E-state index in [1.807, 2.05) is 0 Å². The molecule has 0 bridgehead atoms. The molecule has 0 heterocycles. The fourth-order valence-corrected chi connectivity index (χ4v) is 0. The molecular weight excluding hydrogens is 191 g/mol. The first-order valence-corrected chi connectivity index (χ1v) is 0.548. The summed E-state index contributed by atoms with van der Waals surface area (Å²) in [4.78, 5) is 8.25. The van der Waals surface area contributed by atoms with Crippen molar-refractivity contribution in [2.75, 3.05) is 0 Å². The molecule has 6 heavy (non-hydrogen) atoms. The predicted molar refractivity (Wildman–Crippen MR) is 10.4 cm³/mol. The molecule has 4 nitrogen and oxygen atoms in total. The molecule has 0 amide bonds. The third-order valence-electron chi connectivity index (χ3n) is 0.